The summed E-state index contributed by atoms with van der Waals surface area (Å²) in [5.74, 6) is 4.07. The van der Waals surface area contributed by atoms with Crippen molar-refractivity contribution in [3.8, 4) is 11.5 Å². The quantitative estimate of drug-likeness (QED) is 0.897. The van der Waals surface area contributed by atoms with Crippen LogP contribution in [0.25, 0.3) is 0 Å². The summed E-state index contributed by atoms with van der Waals surface area (Å²) >= 11 is 1.97. The molecule has 0 bridgehead atoms. The largest absolute Gasteiger partial charge is 0.493 e. The van der Waals surface area contributed by atoms with Crippen LogP contribution in [0, 0.1) is 0 Å². The molecule has 2 aliphatic rings. The molecule has 3 nitrogen and oxygen atoms in total. The second-order valence-electron chi connectivity index (χ2n) is 6.49. The zero-order valence-corrected chi connectivity index (χ0v) is 14.3. The number of ether oxygens (including phenoxy) is 2. The van der Waals surface area contributed by atoms with Gasteiger partial charge in [0.15, 0.2) is 11.5 Å². The van der Waals surface area contributed by atoms with Gasteiger partial charge in [0.1, 0.15) is 6.10 Å². The van der Waals surface area contributed by atoms with Crippen LogP contribution in [0.3, 0.4) is 0 Å². The van der Waals surface area contributed by atoms with Crippen molar-refractivity contribution in [2.45, 2.75) is 50.0 Å². The molecule has 0 spiro atoms. The maximum absolute atomic E-state index is 6.41. The van der Waals surface area contributed by atoms with Crippen molar-refractivity contribution in [1.29, 1.82) is 0 Å². The van der Waals surface area contributed by atoms with Crippen LogP contribution in [-0.2, 0) is 5.41 Å². The molecule has 0 aromatic heterocycles. The molecule has 4 heteroatoms. The average molecular weight is 321 g/mol. The molecule has 122 valence electrons. The van der Waals surface area contributed by atoms with Gasteiger partial charge >= 0.3 is 0 Å². The van der Waals surface area contributed by atoms with Crippen molar-refractivity contribution in [3.63, 3.8) is 0 Å². The molecule has 1 unspecified atom stereocenters. The van der Waals surface area contributed by atoms with Crippen molar-refractivity contribution < 1.29 is 9.47 Å². The highest BCUT2D eigenvalue weighted by atomic mass is 32.2. The predicted molar refractivity (Wildman–Crippen MR) is 93.2 cm³/mol. The summed E-state index contributed by atoms with van der Waals surface area (Å²) in [4.78, 5) is 0. The predicted octanol–water partition coefficient (Wildman–Crippen LogP) is 3.74. The Labute approximate surface area is 137 Å². The van der Waals surface area contributed by atoms with E-state index < -0.39 is 0 Å². The molecule has 1 aromatic rings. The van der Waals surface area contributed by atoms with Gasteiger partial charge in [0.2, 0.25) is 0 Å². The highest BCUT2D eigenvalue weighted by molar-refractivity contribution is 7.99. The molecule has 1 aliphatic heterocycles. The van der Waals surface area contributed by atoms with E-state index in [0.29, 0.717) is 12.6 Å². The lowest BCUT2D eigenvalue weighted by Crippen LogP contribution is -2.38. The normalized spacial score (nSPS) is 24.2. The summed E-state index contributed by atoms with van der Waals surface area (Å²) in [5, 5.41) is 0. The second kappa shape index (κ2) is 7.14. The van der Waals surface area contributed by atoms with Gasteiger partial charge in [0.25, 0.3) is 0 Å². The topological polar surface area (TPSA) is 44.5 Å². The van der Waals surface area contributed by atoms with Gasteiger partial charge in [-0.2, -0.15) is 11.8 Å². The third kappa shape index (κ3) is 3.09. The molecule has 1 saturated heterocycles. The van der Waals surface area contributed by atoms with Crippen molar-refractivity contribution >= 4 is 11.8 Å². The van der Waals surface area contributed by atoms with Crippen LogP contribution in [0.5, 0.6) is 11.5 Å². The van der Waals surface area contributed by atoms with Gasteiger partial charge < -0.3 is 15.2 Å². The minimum absolute atomic E-state index is 0.0634. The van der Waals surface area contributed by atoms with Crippen LogP contribution in [0.1, 0.15) is 44.1 Å². The lowest BCUT2D eigenvalue weighted by atomic mass is 9.69. The third-order valence-electron chi connectivity index (χ3n) is 5.14. The Morgan fingerprint density at radius 1 is 1.27 bits per heavy atom. The SMILES string of the molecule is COc1cccc(C2(CN)CCCCC2)c1OC1CCSC1. The number of hydrogen-bond acceptors (Lipinski definition) is 4. The van der Waals surface area contributed by atoms with Gasteiger partial charge in [-0.25, -0.2) is 0 Å². The average Bonchev–Trinajstić information content (AvgIpc) is 3.09. The van der Waals surface area contributed by atoms with Gasteiger partial charge in [0.05, 0.1) is 7.11 Å². The monoisotopic (exact) mass is 321 g/mol. The van der Waals surface area contributed by atoms with E-state index in [2.05, 4.69) is 12.1 Å². The van der Waals surface area contributed by atoms with Crippen LogP contribution in [0.4, 0.5) is 0 Å². The number of methoxy groups -OCH3 is 1. The highest BCUT2D eigenvalue weighted by Gasteiger charge is 2.36. The summed E-state index contributed by atoms with van der Waals surface area (Å²) in [5.41, 5.74) is 7.57. The van der Waals surface area contributed by atoms with E-state index in [9.17, 15) is 0 Å². The molecule has 22 heavy (non-hydrogen) atoms. The van der Waals surface area contributed by atoms with Crippen LogP contribution in [0.2, 0.25) is 0 Å². The van der Waals surface area contributed by atoms with Crippen LogP contribution < -0.4 is 15.2 Å². The van der Waals surface area contributed by atoms with Crippen LogP contribution >= 0.6 is 11.8 Å². The van der Waals surface area contributed by atoms with Crippen molar-refractivity contribution in [1.82, 2.24) is 0 Å². The van der Waals surface area contributed by atoms with E-state index in [4.69, 9.17) is 15.2 Å². The Bertz CT molecular complexity index is 494. The Morgan fingerprint density at radius 2 is 2.09 bits per heavy atom. The molecule has 1 atom stereocenters. The Balaban J connectivity index is 1.97. The first-order valence-electron chi connectivity index (χ1n) is 8.41. The standard InChI is InChI=1S/C18H27NO2S/c1-20-16-7-5-6-15(17(16)21-14-8-11-22-12-14)18(13-19)9-3-2-4-10-18/h5-7,14H,2-4,8-13,19H2,1H3. The fraction of sp³-hybridized carbons (Fsp3) is 0.667. The Hall–Kier alpha value is -0.870. The van der Waals surface area contributed by atoms with Gasteiger partial charge in [-0.15, -0.1) is 0 Å². The molecule has 3 rings (SSSR count). The van der Waals surface area contributed by atoms with Gasteiger partial charge in [0, 0.05) is 23.3 Å². The maximum Gasteiger partial charge on any atom is 0.165 e. The molecule has 1 aliphatic carbocycles. The van der Waals surface area contributed by atoms with Gasteiger partial charge in [-0.05, 0) is 31.1 Å². The van der Waals surface area contributed by atoms with E-state index in [1.807, 2.05) is 17.8 Å². The number of nitrogens with two attached hydrogens (primary N) is 1. The lowest BCUT2D eigenvalue weighted by molar-refractivity contribution is 0.204. The summed E-state index contributed by atoms with van der Waals surface area (Å²) in [7, 11) is 1.73. The molecule has 1 aromatic carbocycles. The van der Waals surface area contributed by atoms with Gasteiger partial charge in [-0.1, -0.05) is 31.4 Å². The second-order valence-corrected chi connectivity index (χ2v) is 7.64. The summed E-state index contributed by atoms with van der Waals surface area (Å²) < 4.78 is 12.0. The Morgan fingerprint density at radius 3 is 2.73 bits per heavy atom. The first-order valence-corrected chi connectivity index (χ1v) is 9.56. The minimum atomic E-state index is 0.0634. The number of hydrogen-bond donors (Lipinski definition) is 1. The first-order chi connectivity index (χ1) is 10.8. The number of rotatable bonds is 5. The molecule has 1 heterocycles. The molecule has 0 radical (unpaired) electrons. The van der Waals surface area contributed by atoms with E-state index in [1.54, 1.807) is 7.11 Å². The lowest BCUT2D eigenvalue weighted by Gasteiger charge is -2.38. The smallest absolute Gasteiger partial charge is 0.165 e. The summed E-state index contributed by atoms with van der Waals surface area (Å²) in [6, 6.07) is 6.29. The van der Waals surface area contributed by atoms with E-state index in [-0.39, 0.29) is 5.41 Å². The fourth-order valence-electron chi connectivity index (χ4n) is 3.80. The van der Waals surface area contributed by atoms with Gasteiger partial charge in [-0.3, -0.25) is 0 Å². The van der Waals surface area contributed by atoms with Crippen molar-refractivity contribution in [2.24, 2.45) is 5.73 Å². The molecule has 2 fully saturated rings. The molecule has 2 N–H and O–H groups in total. The van der Waals surface area contributed by atoms with Crippen LogP contribution in [-0.4, -0.2) is 31.3 Å². The molecular formula is C18H27NO2S. The maximum atomic E-state index is 6.41. The summed E-state index contributed by atoms with van der Waals surface area (Å²) in [6.45, 7) is 0.690. The number of thioether (sulfide) groups is 1. The van der Waals surface area contributed by atoms with E-state index in [1.165, 1.54) is 30.6 Å². The molecule has 1 saturated carbocycles. The first kappa shape index (κ1) is 16.0. The van der Waals surface area contributed by atoms with E-state index >= 15 is 0 Å². The molecular weight excluding hydrogens is 294 g/mol. The van der Waals surface area contributed by atoms with Crippen molar-refractivity contribution in [3.05, 3.63) is 23.8 Å². The Kier molecular flexibility index (Phi) is 5.19. The minimum Gasteiger partial charge on any atom is -0.493 e. The summed E-state index contributed by atoms with van der Waals surface area (Å²) in [6.07, 6.45) is 7.58. The van der Waals surface area contributed by atoms with Crippen molar-refractivity contribution in [2.75, 3.05) is 25.2 Å². The third-order valence-corrected chi connectivity index (χ3v) is 6.28. The molecule has 0 amide bonds. The van der Waals surface area contributed by atoms with E-state index in [0.717, 1.165) is 36.5 Å². The highest BCUT2D eigenvalue weighted by Crippen LogP contribution is 2.46. The zero-order valence-electron chi connectivity index (χ0n) is 13.5. The number of para-hydroxylation sites is 1. The number of benzene rings is 1. The zero-order chi connectivity index (χ0) is 15.4. The van der Waals surface area contributed by atoms with Crippen LogP contribution in [0.15, 0.2) is 18.2 Å². The fourth-order valence-corrected chi connectivity index (χ4v) is 4.89.